The Bertz CT molecular complexity index is 487. The molecule has 0 aromatic heterocycles. The van der Waals surface area contributed by atoms with Gasteiger partial charge in [-0.25, -0.2) is 0 Å². The second-order valence-corrected chi connectivity index (χ2v) is 4.42. The van der Waals surface area contributed by atoms with Gasteiger partial charge in [-0.2, -0.15) is 0 Å². The van der Waals surface area contributed by atoms with E-state index in [0.717, 1.165) is 25.1 Å². The normalized spacial score (nSPS) is 17.6. The minimum absolute atomic E-state index is 0. The summed E-state index contributed by atoms with van der Waals surface area (Å²) in [5.74, 6) is -0.245. The second-order valence-electron chi connectivity index (χ2n) is 4.42. The first-order valence-corrected chi connectivity index (χ1v) is 5.84. The fourth-order valence-electron chi connectivity index (χ4n) is 2.01. The van der Waals surface area contributed by atoms with Crippen LogP contribution in [-0.4, -0.2) is 30.0 Å². The van der Waals surface area contributed by atoms with E-state index in [0.29, 0.717) is 5.56 Å². The lowest BCUT2D eigenvalue weighted by Crippen LogP contribution is -2.36. The van der Waals surface area contributed by atoms with E-state index in [2.05, 4.69) is 10.6 Å². The van der Waals surface area contributed by atoms with Gasteiger partial charge in [0.05, 0.1) is 4.92 Å². The molecule has 0 saturated carbocycles. The lowest BCUT2D eigenvalue weighted by molar-refractivity contribution is -0.384. The lowest BCUT2D eigenvalue weighted by Gasteiger charge is -2.12. The smallest absolute Gasteiger partial charge is 0.270 e. The molecule has 1 atom stereocenters. The molecule has 0 radical (unpaired) electrons. The third-order valence-electron chi connectivity index (χ3n) is 3.07. The minimum atomic E-state index is -0.493. The van der Waals surface area contributed by atoms with E-state index >= 15 is 0 Å². The molecule has 2 N–H and O–H groups in total. The van der Waals surface area contributed by atoms with E-state index in [9.17, 15) is 14.9 Å². The molecule has 7 heteroatoms. The van der Waals surface area contributed by atoms with Crippen molar-refractivity contribution in [2.75, 3.05) is 13.1 Å². The van der Waals surface area contributed by atoms with E-state index in [1.54, 1.807) is 13.0 Å². The van der Waals surface area contributed by atoms with Gasteiger partial charge in [0.1, 0.15) is 0 Å². The van der Waals surface area contributed by atoms with Crippen LogP contribution in [-0.2, 0) is 0 Å². The van der Waals surface area contributed by atoms with E-state index in [-0.39, 0.29) is 30.0 Å². The van der Waals surface area contributed by atoms with E-state index < -0.39 is 4.92 Å². The van der Waals surface area contributed by atoms with Crippen LogP contribution >= 0.6 is 12.4 Å². The summed E-state index contributed by atoms with van der Waals surface area (Å²) in [6.45, 7) is 3.41. The van der Waals surface area contributed by atoms with Gasteiger partial charge in [-0.1, -0.05) is 6.07 Å². The topological polar surface area (TPSA) is 84.3 Å². The Balaban J connectivity index is 0.00000180. The van der Waals surface area contributed by atoms with Crippen LogP contribution in [0.15, 0.2) is 18.2 Å². The van der Waals surface area contributed by atoms with Crippen LogP contribution in [0.25, 0.3) is 0 Å². The van der Waals surface area contributed by atoms with Crippen LogP contribution < -0.4 is 10.6 Å². The van der Waals surface area contributed by atoms with Gasteiger partial charge in [0.15, 0.2) is 0 Å². The maximum Gasteiger partial charge on any atom is 0.270 e. The van der Waals surface area contributed by atoms with Crippen molar-refractivity contribution < 1.29 is 9.72 Å². The van der Waals surface area contributed by atoms with Crippen molar-refractivity contribution in [3.8, 4) is 0 Å². The quantitative estimate of drug-likeness (QED) is 0.650. The molecule has 1 fully saturated rings. The molecule has 19 heavy (non-hydrogen) atoms. The van der Waals surface area contributed by atoms with Gasteiger partial charge in [0.25, 0.3) is 11.6 Å². The molecule has 1 saturated heterocycles. The number of benzene rings is 1. The molecular weight excluding hydrogens is 270 g/mol. The Morgan fingerprint density at radius 3 is 2.84 bits per heavy atom. The summed E-state index contributed by atoms with van der Waals surface area (Å²) in [6.07, 6.45) is 0.889. The number of halogens is 1. The van der Waals surface area contributed by atoms with Gasteiger partial charge in [-0.05, 0) is 25.5 Å². The van der Waals surface area contributed by atoms with Gasteiger partial charge in [0.2, 0.25) is 0 Å². The lowest BCUT2D eigenvalue weighted by atomic mass is 10.1. The van der Waals surface area contributed by atoms with Gasteiger partial charge >= 0.3 is 0 Å². The van der Waals surface area contributed by atoms with Crippen molar-refractivity contribution in [3.63, 3.8) is 0 Å². The molecule has 1 aromatic rings. The van der Waals surface area contributed by atoms with Crippen LogP contribution in [0.3, 0.4) is 0 Å². The number of nitro groups is 1. The Labute approximate surface area is 117 Å². The Morgan fingerprint density at radius 1 is 1.53 bits per heavy atom. The van der Waals surface area contributed by atoms with Crippen molar-refractivity contribution in [1.82, 2.24) is 10.6 Å². The highest BCUT2D eigenvalue weighted by atomic mass is 35.5. The molecule has 1 aliphatic rings. The Morgan fingerprint density at radius 2 is 2.26 bits per heavy atom. The number of rotatable bonds is 3. The minimum Gasteiger partial charge on any atom is -0.348 e. The number of nitrogens with one attached hydrogen (secondary N) is 2. The van der Waals surface area contributed by atoms with E-state index in [4.69, 9.17) is 0 Å². The van der Waals surface area contributed by atoms with Crippen LogP contribution in [0, 0.1) is 17.0 Å². The van der Waals surface area contributed by atoms with Crippen molar-refractivity contribution in [2.24, 2.45) is 0 Å². The fourth-order valence-corrected chi connectivity index (χ4v) is 2.01. The largest absolute Gasteiger partial charge is 0.348 e. The summed E-state index contributed by atoms with van der Waals surface area (Å²) in [6, 6.07) is 4.44. The fraction of sp³-hybridized carbons (Fsp3) is 0.417. The molecule has 6 nitrogen and oxygen atoms in total. The number of nitro benzene ring substituents is 1. The zero-order valence-electron chi connectivity index (χ0n) is 10.5. The zero-order valence-corrected chi connectivity index (χ0v) is 11.3. The van der Waals surface area contributed by atoms with Crippen molar-refractivity contribution in [2.45, 2.75) is 19.4 Å². The van der Waals surface area contributed by atoms with Crippen molar-refractivity contribution in [1.29, 1.82) is 0 Å². The average molecular weight is 286 g/mol. The van der Waals surface area contributed by atoms with Crippen LogP contribution in [0.5, 0.6) is 0 Å². The Hall–Kier alpha value is -1.66. The van der Waals surface area contributed by atoms with E-state index in [1.807, 2.05) is 0 Å². The summed E-state index contributed by atoms with van der Waals surface area (Å²) < 4.78 is 0. The molecular formula is C12H16ClN3O3. The van der Waals surface area contributed by atoms with E-state index in [1.165, 1.54) is 12.1 Å². The van der Waals surface area contributed by atoms with Gasteiger partial charge in [0, 0.05) is 30.3 Å². The number of amides is 1. The third-order valence-corrected chi connectivity index (χ3v) is 3.07. The maximum absolute atomic E-state index is 12.0. The Kier molecular flexibility index (Phi) is 5.26. The molecule has 1 unspecified atom stereocenters. The number of carbonyl (C=O) groups is 1. The number of hydrogen-bond donors (Lipinski definition) is 2. The molecule has 104 valence electrons. The standard InChI is InChI=1S/C12H15N3O3.ClH/c1-8-2-3-10(15(17)18)6-11(8)12(16)14-9-4-5-13-7-9;/h2-3,6,9,13H,4-5,7H2,1H3,(H,14,16);1H. The summed E-state index contributed by atoms with van der Waals surface area (Å²) in [7, 11) is 0. The summed E-state index contributed by atoms with van der Waals surface area (Å²) >= 11 is 0. The molecule has 0 spiro atoms. The summed E-state index contributed by atoms with van der Waals surface area (Å²) in [5, 5.41) is 16.7. The van der Waals surface area contributed by atoms with Gasteiger partial charge in [-0.3, -0.25) is 14.9 Å². The number of aryl methyl sites for hydroxylation is 1. The average Bonchev–Trinajstić information content (AvgIpc) is 2.81. The first-order valence-electron chi connectivity index (χ1n) is 5.84. The molecule has 1 heterocycles. The summed E-state index contributed by atoms with van der Waals surface area (Å²) in [5.41, 5.74) is 1.05. The maximum atomic E-state index is 12.0. The highest BCUT2D eigenvalue weighted by Crippen LogP contribution is 2.17. The third kappa shape index (κ3) is 3.65. The molecule has 1 amide bonds. The first-order chi connectivity index (χ1) is 8.58. The highest BCUT2D eigenvalue weighted by molar-refractivity contribution is 5.96. The predicted octanol–water partition coefficient (Wildman–Crippen LogP) is 1.42. The van der Waals surface area contributed by atoms with Crippen molar-refractivity contribution in [3.05, 3.63) is 39.4 Å². The molecule has 0 bridgehead atoms. The van der Waals surface area contributed by atoms with Gasteiger partial charge < -0.3 is 10.6 Å². The molecule has 0 aliphatic carbocycles. The first kappa shape index (κ1) is 15.4. The molecule has 2 rings (SSSR count). The van der Waals surface area contributed by atoms with Crippen LogP contribution in [0.2, 0.25) is 0 Å². The predicted molar refractivity (Wildman–Crippen MR) is 73.8 cm³/mol. The van der Waals surface area contributed by atoms with Crippen molar-refractivity contribution >= 4 is 24.0 Å². The zero-order chi connectivity index (χ0) is 13.1. The highest BCUT2D eigenvalue weighted by Gasteiger charge is 2.20. The number of nitrogens with zero attached hydrogens (tertiary/aromatic N) is 1. The monoisotopic (exact) mass is 285 g/mol. The second kappa shape index (κ2) is 6.49. The SMILES string of the molecule is Cc1ccc([N+](=O)[O-])cc1C(=O)NC1CCNC1.Cl. The number of non-ortho nitro benzene ring substituents is 1. The molecule has 1 aliphatic heterocycles. The number of carbonyl (C=O) groups excluding carboxylic acids is 1. The van der Waals surface area contributed by atoms with Crippen LogP contribution in [0.1, 0.15) is 22.3 Å². The molecule has 1 aromatic carbocycles. The van der Waals surface area contributed by atoms with Gasteiger partial charge in [-0.15, -0.1) is 12.4 Å². The number of hydrogen-bond acceptors (Lipinski definition) is 4. The summed E-state index contributed by atoms with van der Waals surface area (Å²) in [4.78, 5) is 22.2. The van der Waals surface area contributed by atoms with Crippen LogP contribution in [0.4, 0.5) is 5.69 Å².